The summed E-state index contributed by atoms with van der Waals surface area (Å²) in [5, 5.41) is 0.0716. The summed E-state index contributed by atoms with van der Waals surface area (Å²) in [6.45, 7) is 15.6. The summed E-state index contributed by atoms with van der Waals surface area (Å²) in [5.41, 5.74) is 1.11. The van der Waals surface area contributed by atoms with Gasteiger partial charge in [-0.1, -0.05) is 51.1 Å². The highest BCUT2D eigenvalue weighted by atomic mass is 28.4. The zero-order valence-electron chi connectivity index (χ0n) is 17.2. The lowest BCUT2D eigenvalue weighted by Gasteiger charge is -2.40. The van der Waals surface area contributed by atoms with Gasteiger partial charge in [0.1, 0.15) is 0 Å². The van der Waals surface area contributed by atoms with Gasteiger partial charge >= 0.3 is 5.97 Å². The molecule has 4 nitrogen and oxygen atoms in total. The molecular formula is C21H34O4Si. The van der Waals surface area contributed by atoms with Gasteiger partial charge in [-0.2, -0.15) is 0 Å². The summed E-state index contributed by atoms with van der Waals surface area (Å²) in [4.78, 5) is 11.7. The summed E-state index contributed by atoms with van der Waals surface area (Å²) >= 11 is 0. The van der Waals surface area contributed by atoms with Gasteiger partial charge in [-0.25, -0.2) is 4.79 Å². The van der Waals surface area contributed by atoms with Gasteiger partial charge in [0, 0.05) is 6.08 Å². The van der Waals surface area contributed by atoms with E-state index in [1.54, 1.807) is 13.0 Å². The average molecular weight is 379 g/mol. The molecule has 0 aliphatic rings. The molecule has 0 amide bonds. The average Bonchev–Trinajstić information content (AvgIpc) is 2.56. The molecule has 0 N–H and O–H groups in total. The minimum absolute atomic E-state index is 0.0716. The minimum atomic E-state index is -2.01. The van der Waals surface area contributed by atoms with Crippen molar-refractivity contribution >= 4 is 14.3 Å². The van der Waals surface area contributed by atoms with Gasteiger partial charge in [0.25, 0.3) is 0 Å². The van der Waals surface area contributed by atoms with E-state index in [2.05, 4.69) is 33.9 Å². The Morgan fingerprint density at radius 2 is 1.81 bits per heavy atom. The fraction of sp³-hybridized carbons (Fsp3) is 0.571. The Balaban J connectivity index is 2.86. The smallest absolute Gasteiger partial charge is 0.330 e. The third-order valence-electron chi connectivity index (χ3n) is 4.76. The van der Waals surface area contributed by atoms with Crippen LogP contribution in [0.4, 0.5) is 0 Å². The number of esters is 1. The number of benzene rings is 1. The van der Waals surface area contributed by atoms with Crippen molar-refractivity contribution in [3.05, 3.63) is 48.0 Å². The van der Waals surface area contributed by atoms with Gasteiger partial charge in [0.15, 0.2) is 8.32 Å². The molecule has 0 unspecified atom stereocenters. The van der Waals surface area contributed by atoms with Crippen LogP contribution in [-0.4, -0.2) is 33.1 Å². The molecule has 1 aromatic rings. The van der Waals surface area contributed by atoms with Crippen LogP contribution in [-0.2, 0) is 25.3 Å². The maximum atomic E-state index is 11.7. The van der Waals surface area contributed by atoms with Crippen molar-refractivity contribution in [2.24, 2.45) is 0 Å². The Kier molecular flexibility index (Phi) is 8.73. The molecule has 0 fully saturated rings. The SMILES string of the molecule is CCOC(=O)/C=C/[C@@H](O[Si](C)(C)C(C)(C)C)[C@H](C)OCc1ccccc1. The summed E-state index contributed by atoms with van der Waals surface area (Å²) in [7, 11) is -2.01. The molecule has 26 heavy (non-hydrogen) atoms. The largest absolute Gasteiger partial charge is 0.463 e. The minimum Gasteiger partial charge on any atom is -0.463 e. The molecule has 0 spiro atoms. The van der Waals surface area contributed by atoms with Crippen molar-refractivity contribution in [1.29, 1.82) is 0 Å². The molecule has 0 aromatic heterocycles. The fourth-order valence-corrected chi connectivity index (χ4v) is 3.37. The van der Waals surface area contributed by atoms with E-state index in [4.69, 9.17) is 13.9 Å². The molecule has 0 heterocycles. The Labute approximate surface area is 159 Å². The fourth-order valence-electron chi connectivity index (χ4n) is 2.07. The molecule has 0 aliphatic heterocycles. The van der Waals surface area contributed by atoms with Crippen LogP contribution < -0.4 is 0 Å². The van der Waals surface area contributed by atoms with Crippen LogP contribution >= 0.6 is 0 Å². The molecule has 0 saturated carbocycles. The van der Waals surface area contributed by atoms with Crippen molar-refractivity contribution in [1.82, 2.24) is 0 Å². The Morgan fingerprint density at radius 1 is 1.19 bits per heavy atom. The van der Waals surface area contributed by atoms with Crippen LogP contribution in [0, 0.1) is 0 Å². The molecule has 0 saturated heterocycles. The standard InChI is InChI=1S/C21H34O4Si/c1-8-23-20(22)15-14-19(25-26(6,7)21(3,4)5)17(2)24-16-18-12-10-9-11-13-18/h9-15,17,19H,8,16H2,1-7H3/b15-14+/t17-,19+/m0/s1. The van der Waals surface area contributed by atoms with Crippen LogP contribution in [0.15, 0.2) is 42.5 Å². The number of hydrogen-bond donors (Lipinski definition) is 0. The maximum absolute atomic E-state index is 11.7. The second-order valence-electron chi connectivity index (χ2n) is 7.96. The van der Waals surface area contributed by atoms with Crippen molar-refractivity contribution in [2.75, 3.05) is 6.61 Å². The quantitative estimate of drug-likeness (QED) is 0.341. The lowest BCUT2D eigenvalue weighted by atomic mass is 10.2. The number of carbonyl (C=O) groups excluding carboxylic acids is 1. The first-order valence-corrected chi connectivity index (χ1v) is 12.2. The van der Waals surface area contributed by atoms with Crippen LogP contribution in [0.1, 0.15) is 40.2 Å². The van der Waals surface area contributed by atoms with E-state index < -0.39 is 8.32 Å². The van der Waals surface area contributed by atoms with Gasteiger partial charge in [0.05, 0.1) is 25.4 Å². The first kappa shape index (κ1) is 22.6. The molecule has 1 rings (SSSR count). The normalized spacial score (nSPS) is 15.0. The van der Waals surface area contributed by atoms with E-state index in [9.17, 15) is 4.79 Å². The second-order valence-corrected chi connectivity index (χ2v) is 12.7. The summed E-state index contributed by atoms with van der Waals surface area (Å²) in [6, 6.07) is 10.0. The summed E-state index contributed by atoms with van der Waals surface area (Å²) in [6.07, 6.45) is 2.73. The highest BCUT2D eigenvalue weighted by Crippen LogP contribution is 2.38. The first-order chi connectivity index (χ1) is 12.1. The molecule has 0 bridgehead atoms. The number of hydrogen-bond acceptors (Lipinski definition) is 4. The third kappa shape index (κ3) is 7.44. The summed E-state index contributed by atoms with van der Waals surface area (Å²) < 4.78 is 17.5. The summed E-state index contributed by atoms with van der Waals surface area (Å²) in [5.74, 6) is -0.355. The van der Waals surface area contributed by atoms with E-state index in [1.165, 1.54) is 6.08 Å². The Morgan fingerprint density at radius 3 is 2.35 bits per heavy atom. The van der Waals surface area contributed by atoms with Gasteiger partial charge < -0.3 is 13.9 Å². The van der Waals surface area contributed by atoms with Crippen LogP contribution in [0.5, 0.6) is 0 Å². The van der Waals surface area contributed by atoms with E-state index in [0.717, 1.165) is 5.56 Å². The number of carbonyl (C=O) groups is 1. The second kappa shape index (κ2) is 10.0. The Hall–Kier alpha value is -1.43. The van der Waals surface area contributed by atoms with Crippen molar-refractivity contribution in [3.8, 4) is 0 Å². The molecule has 1 aromatic carbocycles. The van der Waals surface area contributed by atoms with E-state index in [0.29, 0.717) is 13.2 Å². The zero-order chi connectivity index (χ0) is 19.8. The lowest BCUT2D eigenvalue weighted by molar-refractivity contribution is -0.137. The van der Waals surface area contributed by atoms with Crippen LogP contribution in [0.3, 0.4) is 0 Å². The van der Waals surface area contributed by atoms with Gasteiger partial charge in [-0.15, -0.1) is 0 Å². The number of ether oxygens (including phenoxy) is 2. The third-order valence-corrected chi connectivity index (χ3v) is 9.24. The monoisotopic (exact) mass is 378 g/mol. The van der Waals surface area contributed by atoms with Gasteiger partial charge in [-0.3, -0.25) is 0 Å². The number of rotatable bonds is 9. The van der Waals surface area contributed by atoms with Crippen LogP contribution in [0.2, 0.25) is 18.1 Å². The van der Waals surface area contributed by atoms with E-state index >= 15 is 0 Å². The predicted molar refractivity (Wildman–Crippen MR) is 109 cm³/mol. The molecule has 0 radical (unpaired) electrons. The maximum Gasteiger partial charge on any atom is 0.330 e. The van der Waals surface area contributed by atoms with Gasteiger partial charge in [-0.05, 0) is 43.6 Å². The van der Waals surface area contributed by atoms with Crippen molar-refractivity contribution in [3.63, 3.8) is 0 Å². The molecule has 2 atom stereocenters. The van der Waals surface area contributed by atoms with Crippen molar-refractivity contribution in [2.45, 2.75) is 71.6 Å². The van der Waals surface area contributed by atoms with E-state index in [1.807, 2.05) is 37.3 Å². The lowest BCUT2D eigenvalue weighted by Crippen LogP contribution is -2.46. The van der Waals surface area contributed by atoms with Crippen molar-refractivity contribution < 1.29 is 18.7 Å². The molecule has 146 valence electrons. The Bertz CT molecular complexity index is 575. The van der Waals surface area contributed by atoms with Crippen LogP contribution in [0.25, 0.3) is 0 Å². The van der Waals surface area contributed by atoms with E-state index in [-0.39, 0.29) is 23.2 Å². The zero-order valence-corrected chi connectivity index (χ0v) is 18.2. The predicted octanol–water partition coefficient (Wildman–Crippen LogP) is 5.10. The molecule has 5 heteroatoms. The van der Waals surface area contributed by atoms with Gasteiger partial charge in [0.2, 0.25) is 0 Å². The first-order valence-electron chi connectivity index (χ1n) is 9.25. The highest BCUT2D eigenvalue weighted by Gasteiger charge is 2.39. The topological polar surface area (TPSA) is 44.8 Å². The molecule has 0 aliphatic carbocycles. The highest BCUT2D eigenvalue weighted by molar-refractivity contribution is 6.74. The molecular weight excluding hydrogens is 344 g/mol.